The lowest BCUT2D eigenvalue weighted by Gasteiger charge is -2.14. The molecule has 10 nitrogen and oxygen atoms in total. The van der Waals surface area contributed by atoms with Crippen molar-refractivity contribution in [1.29, 1.82) is 0 Å². The number of esters is 1. The van der Waals surface area contributed by atoms with E-state index in [1.807, 2.05) is 6.07 Å². The molecule has 1 heterocycles. The summed E-state index contributed by atoms with van der Waals surface area (Å²) in [5.74, 6) is 0.533. The van der Waals surface area contributed by atoms with Gasteiger partial charge in [0.15, 0.2) is 12.7 Å². The number of hydrogen-bond acceptors (Lipinski definition) is 8. The second-order valence-electron chi connectivity index (χ2n) is 7.61. The molecule has 1 fully saturated rings. The zero-order valence-corrected chi connectivity index (χ0v) is 18.6. The van der Waals surface area contributed by atoms with Crippen molar-refractivity contribution in [3.63, 3.8) is 0 Å². The minimum Gasteiger partial charge on any atom is -0.489 e. The van der Waals surface area contributed by atoms with Crippen molar-refractivity contribution >= 4 is 23.4 Å². The van der Waals surface area contributed by atoms with E-state index in [4.69, 9.17) is 18.9 Å². The van der Waals surface area contributed by atoms with E-state index in [9.17, 15) is 19.7 Å². The highest BCUT2D eigenvalue weighted by molar-refractivity contribution is 5.89. The Kier molecular flexibility index (Phi) is 7.41. The van der Waals surface area contributed by atoms with E-state index in [2.05, 4.69) is 0 Å². The summed E-state index contributed by atoms with van der Waals surface area (Å²) in [6.45, 7) is 0.0591. The van der Waals surface area contributed by atoms with Crippen molar-refractivity contribution < 1.29 is 33.5 Å². The second kappa shape index (κ2) is 11.0. The van der Waals surface area contributed by atoms with E-state index in [0.29, 0.717) is 22.7 Å². The summed E-state index contributed by atoms with van der Waals surface area (Å²) in [4.78, 5) is 36.1. The molecule has 0 aromatic heterocycles. The molecule has 3 aromatic carbocycles. The van der Waals surface area contributed by atoms with Crippen LogP contribution in [0.2, 0.25) is 0 Å². The number of carbonyl (C=O) groups excluding carboxylic acids is 2. The average molecular weight is 478 g/mol. The lowest BCUT2D eigenvalue weighted by molar-refractivity contribution is -0.384. The number of para-hydroxylation sites is 1. The van der Waals surface area contributed by atoms with Gasteiger partial charge in [-0.15, -0.1) is 0 Å². The monoisotopic (exact) mass is 478 g/mol. The van der Waals surface area contributed by atoms with Crippen LogP contribution in [0, 0.1) is 10.1 Å². The summed E-state index contributed by atoms with van der Waals surface area (Å²) in [5.41, 5.74) is 1.26. The smallest absolute Gasteiger partial charge is 0.414 e. The number of nitro groups is 1. The van der Waals surface area contributed by atoms with E-state index >= 15 is 0 Å². The van der Waals surface area contributed by atoms with Crippen LogP contribution in [0.1, 0.15) is 5.56 Å². The molecule has 1 amide bonds. The van der Waals surface area contributed by atoms with Crippen LogP contribution in [-0.2, 0) is 20.9 Å². The van der Waals surface area contributed by atoms with Gasteiger partial charge >= 0.3 is 12.1 Å². The predicted octanol–water partition coefficient (Wildman–Crippen LogP) is 4.12. The highest BCUT2D eigenvalue weighted by Gasteiger charge is 2.33. The molecule has 0 saturated carbocycles. The third-order valence-corrected chi connectivity index (χ3v) is 5.08. The number of rotatable bonds is 10. The summed E-state index contributed by atoms with van der Waals surface area (Å²) in [6.07, 6.45) is -1.15. The van der Waals surface area contributed by atoms with Crippen molar-refractivity contribution in [3.05, 3.63) is 94.5 Å². The molecule has 1 aliphatic heterocycles. The lowest BCUT2D eigenvalue weighted by Crippen LogP contribution is -2.27. The van der Waals surface area contributed by atoms with Gasteiger partial charge in [0.1, 0.15) is 24.7 Å². The van der Waals surface area contributed by atoms with E-state index in [0.717, 1.165) is 0 Å². The molecule has 1 unspecified atom stereocenters. The number of carbonyl (C=O) groups is 2. The van der Waals surface area contributed by atoms with Crippen molar-refractivity contribution in [2.24, 2.45) is 0 Å². The predicted molar refractivity (Wildman–Crippen MR) is 124 cm³/mol. The van der Waals surface area contributed by atoms with E-state index in [-0.39, 0.29) is 32.1 Å². The first kappa shape index (κ1) is 23.6. The summed E-state index contributed by atoms with van der Waals surface area (Å²) >= 11 is 0. The number of anilines is 1. The van der Waals surface area contributed by atoms with E-state index in [1.165, 1.54) is 17.0 Å². The maximum atomic E-state index is 12.3. The number of amides is 1. The van der Waals surface area contributed by atoms with Gasteiger partial charge in [-0.2, -0.15) is 0 Å². The zero-order chi connectivity index (χ0) is 24.6. The standard InChI is InChI=1S/C25H22N2O8/c28-24(17-33-21-7-2-1-3-8-21)34-16-23-14-26(25(29)35-23)19-9-11-22(12-10-19)32-15-18-5-4-6-20(13-18)27(30)31/h1-13,23H,14-17H2. The minimum absolute atomic E-state index is 0.00190. The summed E-state index contributed by atoms with van der Waals surface area (Å²) < 4.78 is 21.5. The molecule has 0 radical (unpaired) electrons. The van der Waals surface area contributed by atoms with E-state index in [1.54, 1.807) is 60.7 Å². The molecule has 1 saturated heterocycles. The average Bonchev–Trinajstić information content (AvgIpc) is 3.26. The van der Waals surface area contributed by atoms with Gasteiger partial charge in [0, 0.05) is 17.8 Å². The maximum Gasteiger partial charge on any atom is 0.414 e. The second-order valence-corrected chi connectivity index (χ2v) is 7.61. The van der Waals surface area contributed by atoms with Gasteiger partial charge in [-0.05, 0) is 42.0 Å². The largest absolute Gasteiger partial charge is 0.489 e. The van der Waals surface area contributed by atoms with Crippen molar-refractivity contribution in [1.82, 2.24) is 0 Å². The number of non-ortho nitro benzene ring substituents is 1. The molecule has 0 N–H and O–H groups in total. The van der Waals surface area contributed by atoms with Gasteiger partial charge in [-0.3, -0.25) is 15.0 Å². The first-order valence-corrected chi connectivity index (χ1v) is 10.8. The van der Waals surface area contributed by atoms with Crippen LogP contribution in [0.3, 0.4) is 0 Å². The summed E-state index contributed by atoms with van der Waals surface area (Å²) in [5, 5.41) is 10.9. The Morgan fingerprint density at radius 2 is 1.74 bits per heavy atom. The van der Waals surface area contributed by atoms with Gasteiger partial charge in [0.25, 0.3) is 5.69 Å². The number of nitrogens with zero attached hydrogens (tertiary/aromatic N) is 2. The number of cyclic esters (lactones) is 1. The summed E-state index contributed by atoms with van der Waals surface area (Å²) in [6, 6.07) is 21.9. The number of ether oxygens (including phenoxy) is 4. The van der Waals surface area contributed by atoms with Gasteiger partial charge in [0.05, 0.1) is 11.5 Å². The third-order valence-electron chi connectivity index (χ3n) is 5.08. The fourth-order valence-corrected chi connectivity index (χ4v) is 3.35. The molecular formula is C25H22N2O8. The van der Waals surface area contributed by atoms with E-state index < -0.39 is 23.1 Å². The van der Waals surface area contributed by atoms with Crippen LogP contribution in [0.25, 0.3) is 0 Å². The Morgan fingerprint density at radius 1 is 1.00 bits per heavy atom. The molecule has 10 heteroatoms. The van der Waals surface area contributed by atoms with Crippen LogP contribution in [0.5, 0.6) is 11.5 Å². The third kappa shape index (κ3) is 6.47. The molecule has 180 valence electrons. The van der Waals surface area contributed by atoms with Gasteiger partial charge < -0.3 is 18.9 Å². The van der Waals surface area contributed by atoms with Crippen molar-refractivity contribution in [3.8, 4) is 11.5 Å². The molecule has 3 aromatic rings. The molecule has 1 atom stereocenters. The summed E-state index contributed by atoms with van der Waals surface area (Å²) in [7, 11) is 0. The van der Waals surface area contributed by atoms with Crippen molar-refractivity contribution in [2.75, 3.05) is 24.7 Å². The first-order chi connectivity index (χ1) is 17.0. The molecule has 4 rings (SSSR count). The minimum atomic E-state index is -0.604. The Balaban J connectivity index is 1.24. The Bertz CT molecular complexity index is 1180. The molecule has 0 spiro atoms. The van der Waals surface area contributed by atoms with Crippen molar-refractivity contribution in [2.45, 2.75) is 12.7 Å². The van der Waals surface area contributed by atoms with Gasteiger partial charge in [-0.25, -0.2) is 9.59 Å². The number of hydrogen-bond donors (Lipinski definition) is 0. The molecule has 0 bridgehead atoms. The van der Waals surface area contributed by atoms with Crippen LogP contribution < -0.4 is 14.4 Å². The quantitative estimate of drug-likeness (QED) is 0.243. The SMILES string of the molecule is O=C(COc1ccccc1)OCC1CN(c2ccc(OCc3cccc([N+](=O)[O-])c3)cc2)C(=O)O1. The van der Waals surface area contributed by atoms with Gasteiger partial charge in [-0.1, -0.05) is 30.3 Å². The molecule has 1 aliphatic rings. The van der Waals surface area contributed by atoms with Crippen LogP contribution in [0.15, 0.2) is 78.9 Å². The molecule has 35 heavy (non-hydrogen) atoms. The fourth-order valence-electron chi connectivity index (χ4n) is 3.35. The molecule has 0 aliphatic carbocycles. The van der Waals surface area contributed by atoms with Crippen LogP contribution in [-0.4, -0.2) is 42.8 Å². The Hall–Kier alpha value is -4.60. The zero-order valence-electron chi connectivity index (χ0n) is 18.6. The molecular weight excluding hydrogens is 456 g/mol. The Labute approximate surface area is 200 Å². The highest BCUT2D eigenvalue weighted by Crippen LogP contribution is 2.25. The lowest BCUT2D eigenvalue weighted by atomic mass is 10.2. The maximum absolute atomic E-state index is 12.3. The van der Waals surface area contributed by atoms with Crippen LogP contribution >= 0.6 is 0 Å². The topological polar surface area (TPSA) is 117 Å². The number of nitro benzene ring substituents is 1. The number of benzene rings is 3. The van der Waals surface area contributed by atoms with Crippen LogP contribution in [0.4, 0.5) is 16.2 Å². The highest BCUT2D eigenvalue weighted by atomic mass is 16.6. The first-order valence-electron chi connectivity index (χ1n) is 10.8. The fraction of sp³-hybridized carbons (Fsp3) is 0.200. The Morgan fingerprint density at radius 3 is 2.49 bits per heavy atom. The van der Waals surface area contributed by atoms with Gasteiger partial charge in [0.2, 0.25) is 0 Å². The normalized spacial score (nSPS) is 14.8.